The number of furan rings is 1. The molecule has 0 saturated heterocycles. The maximum atomic E-state index is 10.2. The van der Waals surface area contributed by atoms with Gasteiger partial charge in [-0.05, 0) is 48.1 Å². The summed E-state index contributed by atoms with van der Waals surface area (Å²) in [6, 6.07) is 18.4. The minimum Gasteiger partial charge on any atom is -0.458 e. The quantitative estimate of drug-likeness (QED) is 0.753. The Morgan fingerprint density at radius 1 is 0.950 bits per heavy atom. The van der Waals surface area contributed by atoms with Crippen LogP contribution < -0.4 is 0 Å². The van der Waals surface area contributed by atoms with Gasteiger partial charge >= 0.3 is 0 Å². The smallest absolute Gasteiger partial charge is 0.134 e. The van der Waals surface area contributed by atoms with Crippen molar-refractivity contribution in [3.63, 3.8) is 0 Å². The van der Waals surface area contributed by atoms with Gasteiger partial charge in [-0.25, -0.2) is 0 Å². The molecule has 1 unspecified atom stereocenters. The fraction of sp³-hybridized carbons (Fsp3) is 0.222. The molecule has 4 rings (SSSR count). The third kappa shape index (κ3) is 2.02. The van der Waals surface area contributed by atoms with E-state index in [1.807, 2.05) is 30.3 Å². The van der Waals surface area contributed by atoms with Gasteiger partial charge < -0.3 is 9.52 Å². The zero-order valence-corrected chi connectivity index (χ0v) is 11.1. The van der Waals surface area contributed by atoms with E-state index in [9.17, 15) is 5.11 Å². The molecule has 2 aromatic carbocycles. The average Bonchev–Trinajstić information content (AvgIpc) is 3.25. The Kier molecular flexibility index (Phi) is 2.64. The van der Waals surface area contributed by atoms with Gasteiger partial charge in [-0.2, -0.15) is 0 Å². The van der Waals surface area contributed by atoms with Crippen LogP contribution in [-0.2, 0) is 0 Å². The molecule has 0 amide bonds. The molecule has 1 atom stereocenters. The fourth-order valence-electron chi connectivity index (χ4n) is 2.66. The van der Waals surface area contributed by atoms with Crippen LogP contribution in [0, 0.1) is 5.92 Å². The van der Waals surface area contributed by atoms with E-state index in [1.165, 1.54) is 11.1 Å². The second kappa shape index (κ2) is 4.50. The van der Waals surface area contributed by atoms with Crippen LogP contribution in [-0.4, -0.2) is 5.11 Å². The number of aliphatic hydroxyl groups excluding tert-OH is 1. The van der Waals surface area contributed by atoms with Gasteiger partial charge in [0.15, 0.2) is 0 Å². The maximum Gasteiger partial charge on any atom is 0.134 e. The third-order valence-corrected chi connectivity index (χ3v) is 4.00. The van der Waals surface area contributed by atoms with E-state index in [1.54, 1.807) is 0 Å². The first kappa shape index (κ1) is 11.7. The molecular formula is C18H16O2. The minimum atomic E-state index is -0.442. The van der Waals surface area contributed by atoms with Gasteiger partial charge in [-0.15, -0.1) is 0 Å². The highest BCUT2D eigenvalue weighted by Crippen LogP contribution is 2.42. The third-order valence-electron chi connectivity index (χ3n) is 4.00. The number of rotatable bonds is 3. The van der Waals surface area contributed by atoms with Crippen molar-refractivity contribution in [2.24, 2.45) is 5.92 Å². The van der Waals surface area contributed by atoms with Crippen LogP contribution in [0.3, 0.4) is 0 Å². The standard InChI is InChI=1S/C18H16O2/c19-18(13-6-7-13)17-11-15-10-14(8-9-16(15)20-17)12-4-2-1-3-5-12/h1-5,8-11,13,18-19H,6-7H2. The van der Waals surface area contributed by atoms with E-state index in [4.69, 9.17) is 4.42 Å². The summed E-state index contributed by atoms with van der Waals surface area (Å²) in [7, 11) is 0. The van der Waals surface area contributed by atoms with Crippen LogP contribution in [0.1, 0.15) is 24.7 Å². The van der Waals surface area contributed by atoms with Crippen molar-refractivity contribution in [1.82, 2.24) is 0 Å². The van der Waals surface area contributed by atoms with Crippen molar-refractivity contribution in [2.45, 2.75) is 18.9 Å². The SMILES string of the molecule is OC(c1cc2cc(-c3ccccc3)ccc2o1)C1CC1. The van der Waals surface area contributed by atoms with Crippen molar-refractivity contribution in [3.05, 3.63) is 60.4 Å². The van der Waals surface area contributed by atoms with Gasteiger partial charge in [-0.3, -0.25) is 0 Å². The Balaban J connectivity index is 1.75. The first-order chi connectivity index (χ1) is 9.81. The first-order valence-corrected chi connectivity index (χ1v) is 7.08. The molecule has 0 aliphatic heterocycles. The lowest BCUT2D eigenvalue weighted by Gasteiger charge is -2.03. The number of fused-ring (bicyclic) bond motifs is 1. The predicted molar refractivity (Wildman–Crippen MR) is 79.3 cm³/mol. The molecular weight excluding hydrogens is 248 g/mol. The van der Waals surface area contributed by atoms with Crippen molar-refractivity contribution in [2.75, 3.05) is 0 Å². The molecule has 1 saturated carbocycles. The second-order valence-corrected chi connectivity index (χ2v) is 5.55. The zero-order chi connectivity index (χ0) is 13.5. The molecule has 1 aliphatic rings. The Morgan fingerprint density at radius 3 is 2.50 bits per heavy atom. The minimum absolute atomic E-state index is 0.393. The van der Waals surface area contributed by atoms with Gasteiger partial charge in [-0.1, -0.05) is 36.4 Å². The number of aliphatic hydroxyl groups is 1. The van der Waals surface area contributed by atoms with Gasteiger partial charge in [0.1, 0.15) is 17.4 Å². The van der Waals surface area contributed by atoms with Gasteiger partial charge in [0, 0.05) is 5.39 Å². The molecule has 2 heteroatoms. The summed E-state index contributed by atoms with van der Waals surface area (Å²) >= 11 is 0. The number of benzene rings is 2. The van der Waals surface area contributed by atoms with Crippen molar-refractivity contribution in [3.8, 4) is 11.1 Å². The molecule has 1 fully saturated rings. The van der Waals surface area contributed by atoms with Crippen molar-refractivity contribution < 1.29 is 9.52 Å². The normalized spacial score (nSPS) is 16.4. The Hall–Kier alpha value is -2.06. The molecule has 3 aromatic rings. The van der Waals surface area contributed by atoms with Crippen LogP contribution in [0.25, 0.3) is 22.1 Å². The van der Waals surface area contributed by atoms with Crippen LogP contribution in [0.4, 0.5) is 0 Å². The summed E-state index contributed by atoms with van der Waals surface area (Å²) in [4.78, 5) is 0. The topological polar surface area (TPSA) is 33.4 Å². The lowest BCUT2D eigenvalue weighted by Crippen LogP contribution is -1.96. The van der Waals surface area contributed by atoms with Gasteiger partial charge in [0.2, 0.25) is 0 Å². The molecule has 100 valence electrons. The lowest BCUT2D eigenvalue weighted by atomic mass is 10.0. The molecule has 1 heterocycles. The van der Waals surface area contributed by atoms with E-state index in [0.29, 0.717) is 11.7 Å². The summed E-state index contributed by atoms with van der Waals surface area (Å²) in [5.74, 6) is 1.09. The summed E-state index contributed by atoms with van der Waals surface area (Å²) in [6.07, 6.45) is 1.77. The molecule has 1 aliphatic carbocycles. The van der Waals surface area contributed by atoms with E-state index < -0.39 is 6.10 Å². The first-order valence-electron chi connectivity index (χ1n) is 7.08. The van der Waals surface area contributed by atoms with E-state index in [-0.39, 0.29) is 0 Å². The highest BCUT2D eigenvalue weighted by Gasteiger charge is 2.32. The monoisotopic (exact) mass is 264 g/mol. The molecule has 20 heavy (non-hydrogen) atoms. The van der Waals surface area contributed by atoms with Crippen LogP contribution in [0.15, 0.2) is 59.0 Å². The molecule has 0 spiro atoms. The molecule has 0 bridgehead atoms. The number of hydrogen-bond donors (Lipinski definition) is 1. The molecule has 2 nitrogen and oxygen atoms in total. The Labute approximate surface area is 117 Å². The van der Waals surface area contributed by atoms with Crippen LogP contribution in [0.5, 0.6) is 0 Å². The fourth-order valence-corrected chi connectivity index (χ4v) is 2.66. The van der Waals surface area contributed by atoms with Crippen LogP contribution >= 0.6 is 0 Å². The highest BCUT2D eigenvalue weighted by atomic mass is 16.4. The summed E-state index contributed by atoms with van der Waals surface area (Å²) in [5.41, 5.74) is 3.21. The lowest BCUT2D eigenvalue weighted by molar-refractivity contribution is 0.129. The molecule has 1 N–H and O–H groups in total. The van der Waals surface area contributed by atoms with Crippen molar-refractivity contribution >= 4 is 11.0 Å². The van der Waals surface area contributed by atoms with E-state index in [2.05, 4.69) is 24.3 Å². The van der Waals surface area contributed by atoms with E-state index in [0.717, 1.165) is 23.8 Å². The summed E-state index contributed by atoms with van der Waals surface area (Å²) < 4.78 is 5.77. The van der Waals surface area contributed by atoms with Crippen molar-refractivity contribution in [1.29, 1.82) is 0 Å². The summed E-state index contributed by atoms with van der Waals surface area (Å²) in [5, 5.41) is 11.2. The van der Waals surface area contributed by atoms with E-state index >= 15 is 0 Å². The second-order valence-electron chi connectivity index (χ2n) is 5.55. The van der Waals surface area contributed by atoms with Gasteiger partial charge in [0.25, 0.3) is 0 Å². The zero-order valence-electron chi connectivity index (χ0n) is 11.1. The van der Waals surface area contributed by atoms with Gasteiger partial charge in [0.05, 0.1) is 0 Å². The number of hydrogen-bond acceptors (Lipinski definition) is 2. The highest BCUT2D eigenvalue weighted by molar-refractivity contribution is 5.84. The molecule has 0 radical (unpaired) electrons. The maximum absolute atomic E-state index is 10.2. The summed E-state index contributed by atoms with van der Waals surface area (Å²) in [6.45, 7) is 0. The largest absolute Gasteiger partial charge is 0.458 e. The molecule has 1 aromatic heterocycles. The average molecular weight is 264 g/mol. The Morgan fingerprint density at radius 2 is 1.75 bits per heavy atom. The Bertz CT molecular complexity index is 738. The van der Waals surface area contributed by atoms with Crippen LogP contribution in [0.2, 0.25) is 0 Å². The predicted octanol–water partition coefficient (Wildman–Crippen LogP) is 4.54.